The number of hydrogen-bond acceptors (Lipinski definition) is 3. The van der Waals surface area contributed by atoms with Crippen LogP contribution in [0.15, 0.2) is 12.1 Å². The summed E-state index contributed by atoms with van der Waals surface area (Å²) in [4.78, 5) is 2.09. The van der Waals surface area contributed by atoms with E-state index in [1.165, 1.54) is 6.07 Å². The van der Waals surface area contributed by atoms with E-state index in [4.69, 9.17) is 22.4 Å². The molecule has 0 radical (unpaired) electrons. The molecule has 0 spiro atoms. The number of hydrogen-bond donors (Lipinski definition) is 2. The first kappa shape index (κ1) is 12.5. The second-order valence-corrected chi connectivity index (χ2v) is 4.85. The third-order valence-electron chi connectivity index (χ3n) is 3.28. The summed E-state index contributed by atoms with van der Waals surface area (Å²) >= 11 is 5.76. The van der Waals surface area contributed by atoms with Crippen molar-refractivity contribution in [1.82, 2.24) is 0 Å². The quantitative estimate of drug-likeness (QED) is 0.800. The zero-order chi connectivity index (χ0) is 12.4. The summed E-state index contributed by atoms with van der Waals surface area (Å²) in [6.45, 7) is 1.86. The molecule has 1 aromatic carbocycles. The van der Waals surface area contributed by atoms with Crippen LogP contribution in [-0.4, -0.2) is 24.8 Å². The minimum absolute atomic E-state index is 0.0958. The fourth-order valence-electron chi connectivity index (χ4n) is 2.18. The molecule has 1 aromatic rings. The first-order valence-electron chi connectivity index (χ1n) is 5.72. The molecular formula is C12H16ClFN2O. The van der Waals surface area contributed by atoms with E-state index >= 15 is 0 Å². The standard InChI is InChI=1S/C12H16ClFN2O/c13-9-5-12(11(15)6-10(9)14)16-3-1-8(7-17)2-4-16/h5-6,8,17H,1-4,7,15H2. The molecule has 2 rings (SSSR count). The topological polar surface area (TPSA) is 49.5 Å². The Morgan fingerprint density at radius 3 is 2.65 bits per heavy atom. The van der Waals surface area contributed by atoms with Gasteiger partial charge < -0.3 is 15.7 Å². The van der Waals surface area contributed by atoms with Crippen molar-refractivity contribution in [2.45, 2.75) is 12.8 Å². The van der Waals surface area contributed by atoms with E-state index in [-0.39, 0.29) is 11.6 Å². The van der Waals surface area contributed by atoms with Crippen LogP contribution >= 0.6 is 11.6 Å². The van der Waals surface area contributed by atoms with Gasteiger partial charge in [0.25, 0.3) is 0 Å². The molecule has 5 heteroatoms. The summed E-state index contributed by atoms with van der Waals surface area (Å²) in [5.41, 5.74) is 7.00. The van der Waals surface area contributed by atoms with Crippen molar-refractivity contribution >= 4 is 23.0 Å². The van der Waals surface area contributed by atoms with Crippen LogP contribution in [0.2, 0.25) is 5.02 Å². The molecule has 0 atom stereocenters. The van der Waals surface area contributed by atoms with Crippen LogP contribution in [0, 0.1) is 11.7 Å². The maximum Gasteiger partial charge on any atom is 0.143 e. The number of piperidine rings is 1. The first-order chi connectivity index (χ1) is 8.11. The van der Waals surface area contributed by atoms with Crippen LogP contribution in [0.4, 0.5) is 15.8 Å². The minimum atomic E-state index is -0.488. The number of nitrogen functional groups attached to an aromatic ring is 1. The number of nitrogens with zero attached hydrogens (tertiary/aromatic N) is 1. The molecule has 94 valence electrons. The average molecular weight is 259 g/mol. The number of halogens is 2. The van der Waals surface area contributed by atoms with Gasteiger partial charge in [-0.2, -0.15) is 0 Å². The summed E-state index contributed by atoms with van der Waals surface area (Å²) in [6.07, 6.45) is 1.84. The zero-order valence-corrected chi connectivity index (χ0v) is 10.3. The molecule has 1 heterocycles. The number of rotatable bonds is 2. The lowest BCUT2D eigenvalue weighted by atomic mass is 9.97. The van der Waals surface area contributed by atoms with E-state index in [9.17, 15) is 4.39 Å². The molecule has 1 fully saturated rings. The molecule has 1 saturated heterocycles. The van der Waals surface area contributed by atoms with Gasteiger partial charge in [0, 0.05) is 25.8 Å². The molecular weight excluding hydrogens is 243 g/mol. The molecule has 0 unspecified atom stereocenters. The van der Waals surface area contributed by atoms with Gasteiger partial charge in [0.05, 0.1) is 16.4 Å². The smallest absolute Gasteiger partial charge is 0.143 e. The molecule has 3 N–H and O–H groups in total. The maximum atomic E-state index is 13.2. The number of aliphatic hydroxyl groups is 1. The van der Waals surface area contributed by atoms with Gasteiger partial charge in [-0.25, -0.2) is 4.39 Å². The lowest BCUT2D eigenvalue weighted by molar-refractivity contribution is 0.203. The number of anilines is 2. The van der Waals surface area contributed by atoms with Gasteiger partial charge >= 0.3 is 0 Å². The van der Waals surface area contributed by atoms with Crippen LogP contribution in [0.3, 0.4) is 0 Å². The van der Waals surface area contributed by atoms with Crippen molar-refractivity contribution in [3.63, 3.8) is 0 Å². The predicted octanol–water partition coefficient (Wildman–Crippen LogP) is 2.27. The summed E-state index contributed by atoms with van der Waals surface area (Å²) in [5, 5.41) is 9.16. The first-order valence-corrected chi connectivity index (χ1v) is 6.10. The molecule has 1 aliphatic heterocycles. The van der Waals surface area contributed by atoms with Crippen molar-refractivity contribution in [2.24, 2.45) is 5.92 Å². The van der Waals surface area contributed by atoms with Crippen LogP contribution in [-0.2, 0) is 0 Å². The van der Waals surface area contributed by atoms with Crippen LogP contribution < -0.4 is 10.6 Å². The fraction of sp³-hybridized carbons (Fsp3) is 0.500. The average Bonchev–Trinajstić information content (AvgIpc) is 2.34. The van der Waals surface area contributed by atoms with Crippen molar-refractivity contribution in [3.8, 4) is 0 Å². The minimum Gasteiger partial charge on any atom is -0.397 e. The fourth-order valence-corrected chi connectivity index (χ4v) is 2.34. The van der Waals surface area contributed by atoms with Crippen molar-refractivity contribution in [2.75, 3.05) is 30.3 Å². The summed E-state index contributed by atoms with van der Waals surface area (Å²) in [6, 6.07) is 2.83. The second kappa shape index (κ2) is 5.10. The van der Waals surface area contributed by atoms with Crippen LogP contribution in [0.5, 0.6) is 0 Å². The molecule has 3 nitrogen and oxygen atoms in total. The van der Waals surface area contributed by atoms with Crippen molar-refractivity contribution in [1.29, 1.82) is 0 Å². The predicted molar refractivity (Wildman–Crippen MR) is 67.8 cm³/mol. The van der Waals surface area contributed by atoms with E-state index in [1.54, 1.807) is 6.07 Å². The van der Waals surface area contributed by atoms with Gasteiger partial charge in [0.15, 0.2) is 0 Å². The molecule has 0 amide bonds. The van der Waals surface area contributed by atoms with Gasteiger partial charge in [0.1, 0.15) is 5.82 Å². The number of benzene rings is 1. The number of aliphatic hydroxyl groups excluding tert-OH is 1. The summed E-state index contributed by atoms with van der Waals surface area (Å²) in [7, 11) is 0. The van der Waals surface area contributed by atoms with Gasteiger partial charge in [-0.05, 0) is 24.8 Å². The van der Waals surface area contributed by atoms with E-state index in [0.717, 1.165) is 31.6 Å². The van der Waals surface area contributed by atoms with E-state index in [1.807, 2.05) is 0 Å². The van der Waals surface area contributed by atoms with E-state index < -0.39 is 5.82 Å². The Bertz CT molecular complexity index is 406. The molecule has 0 aliphatic carbocycles. The van der Waals surface area contributed by atoms with Gasteiger partial charge in [-0.3, -0.25) is 0 Å². The second-order valence-electron chi connectivity index (χ2n) is 4.44. The Morgan fingerprint density at radius 2 is 2.06 bits per heavy atom. The highest BCUT2D eigenvalue weighted by Gasteiger charge is 2.20. The Kier molecular flexibility index (Phi) is 3.74. The van der Waals surface area contributed by atoms with Gasteiger partial charge in [-0.1, -0.05) is 11.6 Å². The Morgan fingerprint density at radius 1 is 1.41 bits per heavy atom. The van der Waals surface area contributed by atoms with Crippen molar-refractivity contribution in [3.05, 3.63) is 23.0 Å². The highest BCUT2D eigenvalue weighted by Crippen LogP contribution is 2.32. The summed E-state index contributed by atoms with van der Waals surface area (Å²) < 4.78 is 13.2. The Balaban J connectivity index is 2.16. The normalized spacial score (nSPS) is 17.5. The SMILES string of the molecule is Nc1cc(F)c(Cl)cc1N1CCC(CO)CC1. The van der Waals surface area contributed by atoms with E-state index in [2.05, 4.69) is 4.90 Å². The van der Waals surface area contributed by atoms with Crippen molar-refractivity contribution < 1.29 is 9.50 Å². The molecule has 0 aromatic heterocycles. The Labute approximate surface area is 105 Å². The molecule has 1 aliphatic rings. The Hall–Kier alpha value is -1.00. The lowest BCUT2D eigenvalue weighted by Crippen LogP contribution is -2.35. The largest absolute Gasteiger partial charge is 0.397 e. The zero-order valence-electron chi connectivity index (χ0n) is 9.50. The van der Waals surface area contributed by atoms with Crippen LogP contribution in [0.1, 0.15) is 12.8 Å². The number of nitrogens with two attached hydrogens (primary N) is 1. The highest BCUT2D eigenvalue weighted by atomic mass is 35.5. The lowest BCUT2D eigenvalue weighted by Gasteiger charge is -2.33. The summed E-state index contributed by atoms with van der Waals surface area (Å²) in [5.74, 6) is -0.124. The third kappa shape index (κ3) is 2.64. The monoisotopic (exact) mass is 258 g/mol. The molecule has 0 saturated carbocycles. The van der Waals surface area contributed by atoms with Crippen LogP contribution in [0.25, 0.3) is 0 Å². The molecule has 0 bridgehead atoms. The third-order valence-corrected chi connectivity index (χ3v) is 3.57. The maximum absolute atomic E-state index is 13.2. The molecule has 17 heavy (non-hydrogen) atoms. The van der Waals surface area contributed by atoms with Gasteiger partial charge in [0.2, 0.25) is 0 Å². The van der Waals surface area contributed by atoms with E-state index in [0.29, 0.717) is 11.6 Å². The highest BCUT2D eigenvalue weighted by molar-refractivity contribution is 6.31. The van der Waals surface area contributed by atoms with Gasteiger partial charge in [-0.15, -0.1) is 0 Å².